The summed E-state index contributed by atoms with van der Waals surface area (Å²) in [6.07, 6.45) is 2.84. The summed E-state index contributed by atoms with van der Waals surface area (Å²) < 4.78 is 0. The second-order valence-corrected chi connectivity index (χ2v) is 6.50. The van der Waals surface area contributed by atoms with Gasteiger partial charge in [0.15, 0.2) is 0 Å². The maximum atomic E-state index is 12.1. The van der Waals surface area contributed by atoms with Crippen LogP contribution in [0.4, 0.5) is 5.69 Å². The Morgan fingerprint density at radius 3 is 2.24 bits per heavy atom. The fraction of sp³-hybridized carbons (Fsp3) is 0.529. The third kappa shape index (κ3) is 3.43. The van der Waals surface area contributed by atoms with E-state index in [1.165, 1.54) is 5.56 Å². The number of carbonyl (C=O) groups is 2. The first-order valence-electron chi connectivity index (χ1n) is 7.76. The van der Waals surface area contributed by atoms with Crippen molar-refractivity contribution in [2.24, 2.45) is 11.8 Å². The van der Waals surface area contributed by atoms with Crippen molar-refractivity contribution in [3.05, 3.63) is 29.8 Å². The average molecular weight is 286 g/mol. The van der Waals surface area contributed by atoms with Gasteiger partial charge in [-0.05, 0) is 42.9 Å². The zero-order chi connectivity index (χ0) is 15.0. The van der Waals surface area contributed by atoms with Crippen molar-refractivity contribution in [3.63, 3.8) is 0 Å². The molecule has 3 rings (SSSR count). The third-order valence-electron chi connectivity index (χ3n) is 4.23. The number of nitrogens with one attached hydrogen (secondary N) is 2. The van der Waals surface area contributed by atoms with Crippen LogP contribution in [0.1, 0.15) is 44.6 Å². The van der Waals surface area contributed by atoms with Crippen molar-refractivity contribution in [1.29, 1.82) is 0 Å². The van der Waals surface area contributed by atoms with Crippen molar-refractivity contribution >= 4 is 17.5 Å². The van der Waals surface area contributed by atoms with Gasteiger partial charge < -0.3 is 10.6 Å². The van der Waals surface area contributed by atoms with Gasteiger partial charge in [0.05, 0.1) is 11.8 Å². The molecule has 1 aromatic carbocycles. The van der Waals surface area contributed by atoms with Gasteiger partial charge in [0, 0.05) is 11.7 Å². The van der Waals surface area contributed by atoms with E-state index >= 15 is 0 Å². The Morgan fingerprint density at radius 1 is 1.05 bits per heavy atom. The van der Waals surface area contributed by atoms with Gasteiger partial charge in [-0.15, -0.1) is 0 Å². The van der Waals surface area contributed by atoms with E-state index in [4.69, 9.17) is 0 Å². The van der Waals surface area contributed by atoms with E-state index in [1.54, 1.807) is 0 Å². The SMILES string of the molecule is CC(C)c1ccc(NC(=O)C2CC2C(=O)NC2CC2)cc1. The molecule has 4 nitrogen and oxygen atoms in total. The molecule has 0 bridgehead atoms. The normalized spacial score (nSPS) is 23.8. The summed E-state index contributed by atoms with van der Waals surface area (Å²) in [6, 6.07) is 8.28. The maximum absolute atomic E-state index is 12.1. The van der Waals surface area contributed by atoms with Crippen molar-refractivity contribution in [2.75, 3.05) is 5.32 Å². The molecule has 2 amide bonds. The van der Waals surface area contributed by atoms with Crippen LogP contribution in [-0.2, 0) is 9.59 Å². The molecule has 2 aliphatic rings. The van der Waals surface area contributed by atoms with Crippen LogP contribution in [0.3, 0.4) is 0 Å². The smallest absolute Gasteiger partial charge is 0.228 e. The molecule has 0 spiro atoms. The van der Waals surface area contributed by atoms with Crippen LogP contribution < -0.4 is 10.6 Å². The number of hydrogen-bond donors (Lipinski definition) is 2. The second kappa shape index (κ2) is 5.51. The van der Waals surface area contributed by atoms with Crippen LogP contribution in [0.2, 0.25) is 0 Å². The van der Waals surface area contributed by atoms with Crippen molar-refractivity contribution in [3.8, 4) is 0 Å². The highest BCUT2D eigenvalue weighted by Crippen LogP contribution is 2.40. The fourth-order valence-electron chi connectivity index (χ4n) is 2.50. The first-order valence-corrected chi connectivity index (χ1v) is 7.76. The first kappa shape index (κ1) is 14.1. The minimum atomic E-state index is -0.159. The van der Waals surface area contributed by atoms with Crippen LogP contribution >= 0.6 is 0 Å². The predicted octanol–water partition coefficient (Wildman–Crippen LogP) is 2.66. The van der Waals surface area contributed by atoms with Crippen molar-refractivity contribution < 1.29 is 9.59 Å². The number of benzene rings is 1. The summed E-state index contributed by atoms with van der Waals surface area (Å²) in [6.45, 7) is 4.28. The van der Waals surface area contributed by atoms with Gasteiger partial charge >= 0.3 is 0 Å². The molecule has 0 heterocycles. The minimum absolute atomic E-state index is 0.0387. The summed E-state index contributed by atoms with van der Waals surface area (Å²) in [5.41, 5.74) is 2.05. The molecule has 0 saturated heterocycles. The van der Waals surface area contributed by atoms with E-state index < -0.39 is 0 Å². The largest absolute Gasteiger partial charge is 0.353 e. The quantitative estimate of drug-likeness (QED) is 0.874. The molecule has 2 saturated carbocycles. The molecule has 2 aliphatic carbocycles. The summed E-state index contributed by atoms with van der Waals surface area (Å²) >= 11 is 0. The fourth-order valence-corrected chi connectivity index (χ4v) is 2.50. The molecule has 21 heavy (non-hydrogen) atoms. The topological polar surface area (TPSA) is 58.2 Å². The zero-order valence-corrected chi connectivity index (χ0v) is 12.6. The molecule has 0 aliphatic heterocycles. The summed E-state index contributed by atoms with van der Waals surface area (Å²) in [5, 5.41) is 5.87. The second-order valence-electron chi connectivity index (χ2n) is 6.50. The lowest BCUT2D eigenvalue weighted by atomic mass is 10.0. The average Bonchev–Trinajstić information content (AvgIpc) is 3.33. The minimum Gasteiger partial charge on any atom is -0.353 e. The van der Waals surface area contributed by atoms with Gasteiger partial charge in [0.25, 0.3) is 0 Å². The van der Waals surface area contributed by atoms with Crippen LogP contribution in [0, 0.1) is 11.8 Å². The molecule has 2 fully saturated rings. The molecule has 2 N–H and O–H groups in total. The maximum Gasteiger partial charge on any atom is 0.228 e. The van der Waals surface area contributed by atoms with Gasteiger partial charge in [-0.2, -0.15) is 0 Å². The number of anilines is 1. The lowest BCUT2D eigenvalue weighted by Gasteiger charge is -2.08. The van der Waals surface area contributed by atoms with Crippen LogP contribution in [0.15, 0.2) is 24.3 Å². The summed E-state index contributed by atoms with van der Waals surface area (Å²) in [5.74, 6) is 0.207. The third-order valence-corrected chi connectivity index (χ3v) is 4.23. The highest BCUT2D eigenvalue weighted by Gasteiger charge is 2.48. The monoisotopic (exact) mass is 286 g/mol. The molecule has 112 valence electrons. The van der Waals surface area contributed by atoms with E-state index in [1.807, 2.05) is 24.3 Å². The van der Waals surface area contributed by atoms with Crippen molar-refractivity contribution in [2.45, 2.75) is 45.1 Å². The highest BCUT2D eigenvalue weighted by atomic mass is 16.2. The number of amides is 2. The highest BCUT2D eigenvalue weighted by molar-refractivity contribution is 5.99. The molecule has 2 atom stereocenters. The predicted molar refractivity (Wildman–Crippen MR) is 81.9 cm³/mol. The molecule has 4 heteroatoms. The van der Waals surface area contributed by atoms with E-state index in [0.29, 0.717) is 18.4 Å². The van der Waals surface area contributed by atoms with Crippen molar-refractivity contribution in [1.82, 2.24) is 5.32 Å². The van der Waals surface area contributed by atoms with Gasteiger partial charge in [-0.3, -0.25) is 9.59 Å². The summed E-state index contributed by atoms with van der Waals surface area (Å²) in [7, 11) is 0. The number of carbonyl (C=O) groups excluding carboxylic acids is 2. The van der Waals surface area contributed by atoms with E-state index in [2.05, 4.69) is 24.5 Å². The van der Waals surface area contributed by atoms with Crippen LogP contribution in [0.5, 0.6) is 0 Å². The van der Waals surface area contributed by atoms with Gasteiger partial charge in [-0.25, -0.2) is 0 Å². The van der Waals surface area contributed by atoms with E-state index in [0.717, 1.165) is 18.5 Å². The Kier molecular flexibility index (Phi) is 3.70. The van der Waals surface area contributed by atoms with Gasteiger partial charge in [-0.1, -0.05) is 26.0 Å². The molecule has 0 radical (unpaired) electrons. The zero-order valence-electron chi connectivity index (χ0n) is 12.6. The standard InChI is InChI=1S/C17H22N2O2/c1-10(2)11-3-5-12(6-4-11)18-16(20)14-9-15(14)17(21)19-13-7-8-13/h3-6,10,13-15H,7-9H2,1-2H3,(H,18,20)(H,19,21). The molecular formula is C17H22N2O2. The van der Waals surface area contributed by atoms with E-state index in [9.17, 15) is 9.59 Å². The lowest BCUT2D eigenvalue weighted by Crippen LogP contribution is -2.29. The van der Waals surface area contributed by atoms with Crippen LogP contribution in [0.25, 0.3) is 0 Å². The Hall–Kier alpha value is -1.84. The molecule has 0 aromatic heterocycles. The van der Waals surface area contributed by atoms with Gasteiger partial charge in [0.1, 0.15) is 0 Å². The number of rotatable bonds is 5. The molecule has 2 unspecified atom stereocenters. The Morgan fingerprint density at radius 2 is 1.67 bits per heavy atom. The Bertz CT molecular complexity index is 546. The number of hydrogen-bond acceptors (Lipinski definition) is 2. The first-order chi connectivity index (χ1) is 10.0. The lowest BCUT2D eigenvalue weighted by molar-refractivity contribution is -0.125. The van der Waals surface area contributed by atoms with E-state index in [-0.39, 0.29) is 23.7 Å². The molecular weight excluding hydrogens is 264 g/mol. The van der Waals surface area contributed by atoms with Gasteiger partial charge in [0.2, 0.25) is 11.8 Å². The Labute approximate surface area is 125 Å². The summed E-state index contributed by atoms with van der Waals surface area (Å²) in [4.78, 5) is 24.0. The Balaban J connectivity index is 1.51. The molecule has 1 aromatic rings. The van der Waals surface area contributed by atoms with Crippen LogP contribution in [-0.4, -0.2) is 17.9 Å².